The zero-order chi connectivity index (χ0) is 22.2. The van der Waals surface area contributed by atoms with Crippen molar-refractivity contribution in [3.05, 3.63) is 99.8 Å². The highest BCUT2D eigenvalue weighted by atomic mass is 19.2. The molecule has 0 aliphatic heterocycles. The van der Waals surface area contributed by atoms with Gasteiger partial charge in [-0.2, -0.15) is 5.10 Å². The van der Waals surface area contributed by atoms with E-state index in [1.807, 2.05) is 12.1 Å². The van der Waals surface area contributed by atoms with Gasteiger partial charge in [0.05, 0.1) is 17.7 Å². The Labute approximate surface area is 184 Å². The molecule has 0 radical (unpaired) electrons. The van der Waals surface area contributed by atoms with Gasteiger partial charge >= 0.3 is 0 Å². The van der Waals surface area contributed by atoms with Crippen molar-refractivity contribution >= 4 is 10.8 Å². The Morgan fingerprint density at radius 1 is 0.969 bits per heavy atom. The Hall–Kier alpha value is -3.38. The van der Waals surface area contributed by atoms with Crippen molar-refractivity contribution in [2.45, 2.75) is 39.0 Å². The first-order valence-electron chi connectivity index (χ1n) is 10.7. The monoisotopic (exact) mass is 431 g/mol. The van der Waals surface area contributed by atoms with E-state index in [-0.39, 0.29) is 5.56 Å². The molecule has 4 nitrogen and oxygen atoms in total. The molecule has 1 aliphatic rings. The average molecular weight is 431 g/mol. The summed E-state index contributed by atoms with van der Waals surface area (Å²) in [7, 11) is 0. The summed E-state index contributed by atoms with van der Waals surface area (Å²) >= 11 is 0. The lowest BCUT2D eigenvalue weighted by Gasteiger charge is -2.23. The number of benzene rings is 3. The highest BCUT2D eigenvalue weighted by Gasteiger charge is 2.30. The summed E-state index contributed by atoms with van der Waals surface area (Å²) in [5.41, 5.74) is 3.09. The molecule has 1 aliphatic carbocycles. The quantitative estimate of drug-likeness (QED) is 0.417. The van der Waals surface area contributed by atoms with Crippen molar-refractivity contribution < 1.29 is 8.78 Å². The van der Waals surface area contributed by atoms with Gasteiger partial charge in [-0.05, 0) is 49.6 Å². The number of aromatic nitrogens is 2. The summed E-state index contributed by atoms with van der Waals surface area (Å²) in [6.45, 7) is 3.11. The highest BCUT2D eigenvalue weighted by molar-refractivity contribution is 5.93. The minimum absolute atomic E-state index is 0.193. The van der Waals surface area contributed by atoms with Crippen LogP contribution >= 0.6 is 0 Å². The van der Waals surface area contributed by atoms with E-state index in [0.29, 0.717) is 41.3 Å². The fourth-order valence-corrected chi connectivity index (χ4v) is 4.14. The zero-order valence-electron chi connectivity index (χ0n) is 17.8. The van der Waals surface area contributed by atoms with Crippen LogP contribution in [0.25, 0.3) is 22.0 Å². The van der Waals surface area contributed by atoms with Gasteiger partial charge in [0.15, 0.2) is 11.6 Å². The van der Waals surface area contributed by atoms with Gasteiger partial charge in [-0.3, -0.25) is 9.69 Å². The molecule has 1 saturated carbocycles. The molecule has 0 saturated heterocycles. The summed E-state index contributed by atoms with van der Waals surface area (Å²) in [6, 6.07) is 19.6. The highest BCUT2D eigenvalue weighted by Crippen LogP contribution is 2.30. The van der Waals surface area contributed by atoms with E-state index >= 15 is 0 Å². The summed E-state index contributed by atoms with van der Waals surface area (Å²) in [5, 5.41) is 5.75. The average Bonchev–Trinajstić information content (AvgIpc) is 3.63. The summed E-state index contributed by atoms with van der Waals surface area (Å²) in [4.78, 5) is 15.5. The minimum Gasteiger partial charge on any atom is -0.277 e. The predicted molar refractivity (Wildman–Crippen MR) is 121 cm³/mol. The van der Waals surface area contributed by atoms with Crippen molar-refractivity contribution in [2.24, 2.45) is 0 Å². The molecule has 0 N–H and O–H groups in total. The first-order valence-corrected chi connectivity index (χ1v) is 10.7. The number of aryl methyl sites for hydroxylation is 1. The van der Waals surface area contributed by atoms with E-state index in [1.165, 1.54) is 21.9 Å². The molecule has 3 aromatic carbocycles. The van der Waals surface area contributed by atoms with Crippen LogP contribution in [0, 0.1) is 18.6 Å². The molecule has 4 aromatic rings. The van der Waals surface area contributed by atoms with Crippen LogP contribution in [0.1, 0.15) is 24.0 Å². The van der Waals surface area contributed by atoms with Crippen molar-refractivity contribution in [1.82, 2.24) is 14.7 Å². The number of nitrogens with zero attached hydrogens (tertiary/aromatic N) is 3. The first-order chi connectivity index (χ1) is 15.5. The maximum Gasteiger partial charge on any atom is 0.275 e. The second-order valence-electron chi connectivity index (χ2n) is 8.44. The molecule has 5 rings (SSSR count). The molecule has 0 amide bonds. The second-order valence-corrected chi connectivity index (χ2v) is 8.44. The van der Waals surface area contributed by atoms with E-state index in [2.05, 4.69) is 35.1 Å². The van der Waals surface area contributed by atoms with Crippen LogP contribution in [-0.4, -0.2) is 20.7 Å². The summed E-state index contributed by atoms with van der Waals surface area (Å²) in [5.74, 6) is -1.85. The number of fused-ring (bicyclic) bond motifs is 1. The third-order valence-corrected chi connectivity index (χ3v) is 5.91. The Morgan fingerprint density at radius 2 is 1.75 bits per heavy atom. The molecule has 162 valence electrons. The smallest absolute Gasteiger partial charge is 0.275 e. The Morgan fingerprint density at radius 3 is 2.47 bits per heavy atom. The SMILES string of the molecule is Cc1cccc(CN(Cn2nc(-c3ccc(F)c(F)c3)c3ccccc3c2=O)C2CC2)c1. The third kappa shape index (κ3) is 4.06. The standard InChI is InChI=1S/C26H23F2N3O/c1-17-5-4-6-18(13-17)15-30(20-10-11-20)16-31-26(32)22-8-3-2-7-21(22)25(29-31)19-9-12-23(27)24(28)14-19/h2-9,12-14,20H,10-11,15-16H2,1H3. The molecule has 0 spiro atoms. The summed E-state index contributed by atoms with van der Waals surface area (Å²) < 4.78 is 28.9. The largest absolute Gasteiger partial charge is 0.277 e. The number of rotatable bonds is 6. The van der Waals surface area contributed by atoms with Crippen LogP contribution < -0.4 is 5.56 Å². The van der Waals surface area contributed by atoms with Crippen LogP contribution in [0.15, 0.2) is 71.5 Å². The fourth-order valence-electron chi connectivity index (χ4n) is 4.14. The number of hydrogen-bond acceptors (Lipinski definition) is 3. The molecule has 0 unspecified atom stereocenters. The van der Waals surface area contributed by atoms with Crippen LogP contribution in [0.2, 0.25) is 0 Å². The van der Waals surface area contributed by atoms with Crippen molar-refractivity contribution in [1.29, 1.82) is 0 Å². The molecule has 0 atom stereocenters. The van der Waals surface area contributed by atoms with E-state index in [0.717, 1.165) is 25.0 Å². The van der Waals surface area contributed by atoms with Crippen LogP contribution in [0.3, 0.4) is 0 Å². The van der Waals surface area contributed by atoms with Gasteiger partial charge in [0.1, 0.15) is 0 Å². The van der Waals surface area contributed by atoms with Crippen LogP contribution in [-0.2, 0) is 13.2 Å². The molecular formula is C26H23F2N3O. The molecule has 32 heavy (non-hydrogen) atoms. The van der Waals surface area contributed by atoms with E-state index in [1.54, 1.807) is 18.2 Å². The lowest BCUT2D eigenvalue weighted by atomic mass is 10.0. The van der Waals surface area contributed by atoms with E-state index in [4.69, 9.17) is 0 Å². The van der Waals surface area contributed by atoms with Crippen molar-refractivity contribution in [2.75, 3.05) is 0 Å². The number of halogens is 2. The molecule has 1 fully saturated rings. The second kappa shape index (κ2) is 8.28. The Balaban J connectivity index is 1.58. The van der Waals surface area contributed by atoms with Crippen LogP contribution in [0.4, 0.5) is 8.78 Å². The maximum absolute atomic E-state index is 14.0. The van der Waals surface area contributed by atoms with Gasteiger partial charge in [-0.1, -0.05) is 48.0 Å². The molecular weight excluding hydrogens is 408 g/mol. The van der Waals surface area contributed by atoms with Crippen molar-refractivity contribution in [3.63, 3.8) is 0 Å². The molecule has 1 aromatic heterocycles. The molecule has 0 bridgehead atoms. The van der Waals surface area contributed by atoms with Crippen LogP contribution in [0.5, 0.6) is 0 Å². The predicted octanol–water partition coefficient (Wildman–Crippen LogP) is 5.27. The van der Waals surface area contributed by atoms with Gasteiger partial charge in [-0.25, -0.2) is 13.5 Å². The lowest BCUT2D eigenvalue weighted by molar-refractivity contribution is 0.184. The maximum atomic E-state index is 14.0. The fraction of sp³-hybridized carbons (Fsp3) is 0.231. The Bertz CT molecular complexity index is 1360. The normalized spacial score (nSPS) is 13.8. The van der Waals surface area contributed by atoms with Gasteiger partial charge in [0, 0.05) is 23.5 Å². The Kier molecular flexibility index (Phi) is 5.31. The summed E-state index contributed by atoms with van der Waals surface area (Å²) in [6.07, 6.45) is 2.17. The van der Waals surface area contributed by atoms with Gasteiger partial charge in [0.2, 0.25) is 0 Å². The van der Waals surface area contributed by atoms with Gasteiger partial charge in [-0.15, -0.1) is 0 Å². The van der Waals surface area contributed by atoms with Gasteiger partial charge in [0.25, 0.3) is 5.56 Å². The number of hydrogen-bond donors (Lipinski definition) is 0. The minimum atomic E-state index is -0.940. The first kappa shape index (κ1) is 20.5. The van der Waals surface area contributed by atoms with E-state index < -0.39 is 11.6 Å². The van der Waals surface area contributed by atoms with E-state index in [9.17, 15) is 13.6 Å². The molecule has 6 heteroatoms. The lowest BCUT2D eigenvalue weighted by Crippen LogP contribution is -2.35. The van der Waals surface area contributed by atoms with Crippen molar-refractivity contribution in [3.8, 4) is 11.3 Å². The molecule has 1 heterocycles. The topological polar surface area (TPSA) is 38.1 Å². The third-order valence-electron chi connectivity index (χ3n) is 5.91. The van der Waals surface area contributed by atoms with Gasteiger partial charge < -0.3 is 0 Å². The zero-order valence-corrected chi connectivity index (χ0v) is 17.8.